The molecule has 1 aromatic rings. The molecule has 1 aromatic heterocycles. The molecule has 0 saturated carbocycles. The molecule has 0 aliphatic carbocycles. The first-order valence-electron chi connectivity index (χ1n) is 7.64. The first-order chi connectivity index (χ1) is 9.72. The van der Waals surface area contributed by atoms with Gasteiger partial charge in [-0.1, -0.05) is 24.7 Å². The summed E-state index contributed by atoms with van der Waals surface area (Å²) in [4.78, 5) is 21.7. The molecular formula is C15H23N3OS. The number of rotatable bonds is 4. The van der Waals surface area contributed by atoms with E-state index in [4.69, 9.17) is 4.98 Å². The number of likely N-dealkylation sites (N-methyl/N-ethyl adjacent to an activating group) is 1. The zero-order chi connectivity index (χ0) is 14.1. The van der Waals surface area contributed by atoms with Crippen LogP contribution in [-0.2, 0) is 6.42 Å². The van der Waals surface area contributed by atoms with Crippen molar-refractivity contribution in [2.45, 2.75) is 51.1 Å². The van der Waals surface area contributed by atoms with Crippen LogP contribution in [0.2, 0.25) is 0 Å². The summed E-state index contributed by atoms with van der Waals surface area (Å²) >= 11 is 1.57. The Hall–Kier alpha value is -0.940. The molecule has 0 amide bonds. The van der Waals surface area contributed by atoms with Crippen molar-refractivity contribution in [3.05, 3.63) is 10.6 Å². The molecule has 0 spiro atoms. The summed E-state index contributed by atoms with van der Waals surface area (Å²) in [5.41, 5.74) is 0.991. The molecule has 2 saturated heterocycles. The van der Waals surface area contributed by atoms with E-state index in [1.165, 1.54) is 19.3 Å². The van der Waals surface area contributed by atoms with Crippen LogP contribution in [0.15, 0.2) is 0 Å². The van der Waals surface area contributed by atoms with E-state index in [1.54, 1.807) is 11.3 Å². The molecule has 5 heteroatoms. The maximum atomic E-state index is 11.2. The van der Waals surface area contributed by atoms with E-state index in [2.05, 4.69) is 23.8 Å². The van der Waals surface area contributed by atoms with E-state index in [9.17, 15) is 4.79 Å². The van der Waals surface area contributed by atoms with Gasteiger partial charge in [-0.15, -0.1) is 0 Å². The fourth-order valence-electron chi connectivity index (χ4n) is 3.48. The van der Waals surface area contributed by atoms with Gasteiger partial charge in [-0.25, -0.2) is 4.98 Å². The van der Waals surface area contributed by atoms with Crippen molar-refractivity contribution >= 4 is 22.8 Å². The average molecular weight is 293 g/mol. The summed E-state index contributed by atoms with van der Waals surface area (Å²) in [7, 11) is 2.26. The number of hydrogen-bond acceptors (Lipinski definition) is 5. The zero-order valence-corrected chi connectivity index (χ0v) is 13.2. The fourth-order valence-corrected chi connectivity index (χ4v) is 4.44. The summed E-state index contributed by atoms with van der Waals surface area (Å²) in [5.74, 6) is 0. The number of hydrogen-bond donors (Lipinski definition) is 0. The molecule has 2 unspecified atom stereocenters. The molecule has 2 aliphatic rings. The Morgan fingerprint density at radius 1 is 1.35 bits per heavy atom. The summed E-state index contributed by atoms with van der Waals surface area (Å²) in [6, 6.07) is 1.39. The van der Waals surface area contributed by atoms with Gasteiger partial charge in [-0.05, 0) is 32.7 Å². The topological polar surface area (TPSA) is 36.4 Å². The van der Waals surface area contributed by atoms with Gasteiger partial charge in [0.2, 0.25) is 0 Å². The van der Waals surface area contributed by atoms with Crippen molar-refractivity contribution in [3.63, 3.8) is 0 Å². The Bertz CT molecular complexity index is 487. The van der Waals surface area contributed by atoms with Crippen molar-refractivity contribution in [1.29, 1.82) is 0 Å². The third-order valence-corrected chi connectivity index (χ3v) is 5.81. The zero-order valence-electron chi connectivity index (χ0n) is 12.3. The number of carbonyl (C=O) groups is 1. The summed E-state index contributed by atoms with van der Waals surface area (Å²) in [6.45, 7) is 4.26. The molecule has 2 aliphatic heterocycles. The van der Waals surface area contributed by atoms with Gasteiger partial charge in [0.1, 0.15) is 0 Å². The lowest BCUT2D eigenvalue weighted by Gasteiger charge is -2.25. The van der Waals surface area contributed by atoms with Crippen molar-refractivity contribution in [2.75, 3.05) is 25.0 Å². The minimum atomic E-state index is 0.653. The molecule has 110 valence electrons. The van der Waals surface area contributed by atoms with E-state index in [-0.39, 0.29) is 0 Å². The Morgan fingerprint density at radius 2 is 2.15 bits per heavy atom. The van der Waals surface area contributed by atoms with Crippen molar-refractivity contribution < 1.29 is 4.79 Å². The van der Waals surface area contributed by atoms with Crippen LogP contribution in [0, 0.1) is 0 Å². The minimum Gasteiger partial charge on any atom is -0.346 e. The van der Waals surface area contributed by atoms with Gasteiger partial charge in [0.05, 0.1) is 10.6 Å². The van der Waals surface area contributed by atoms with Crippen LogP contribution >= 0.6 is 11.3 Å². The van der Waals surface area contributed by atoms with Crippen LogP contribution in [0.25, 0.3) is 0 Å². The highest BCUT2D eigenvalue weighted by Gasteiger charge is 2.35. The Labute approximate surface area is 124 Å². The van der Waals surface area contributed by atoms with E-state index in [0.29, 0.717) is 6.04 Å². The molecule has 2 bridgehead atoms. The number of anilines is 1. The van der Waals surface area contributed by atoms with Crippen LogP contribution in [0.1, 0.15) is 48.0 Å². The number of aryl methyl sites for hydroxylation is 1. The minimum absolute atomic E-state index is 0.653. The molecule has 3 rings (SSSR count). The second-order valence-corrected chi connectivity index (χ2v) is 6.97. The third-order valence-electron chi connectivity index (χ3n) is 4.73. The van der Waals surface area contributed by atoms with Crippen molar-refractivity contribution in [3.8, 4) is 0 Å². The quantitative estimate of drug-likeness (QED) is 0.800. The Morgan fingerprint density at radius 3 is 2.90 bits per heavy atom. The smallest absolute Gasteiger partial charge is 0.186 e. The van der Waals surface area contributed by atoms with Gasteiger partial charge in [0, 0.05) is 25.2 Å². The van der Waals surface area contributed by atoms with Crippen LogP contribution in [-0.4, -0.2) is 48.4 Å². The summed E-state index contributed by atoms with van der Waals surface area (Å²) < 4.78 is 0. The molecule has 0 radical (unpaired) electrons. The third kappa shape index (κ3) is 2.49. The van der Waals surface area contributed by atoms with E-state index in [1.807, 2.05) is 0 Å². The monoisotopic (exact) mass is 293 g/mol. The second kappa shape index (κ2) is 5.82. The van der Waals surface area contributed by atoms with Crippen LogP contribution in [0.5, 0.6) is 0 Å². The van der Waals surface area contributed by atoms with E-state index in [0.717, 1.165) is 54.0 Å². The normalized spacial score (nSPS) is 26.8. The van der Waals surface area contributed by atoms with Gasteiger partial charge >= 0.3 is 0 Å². The highest BCUT2D eigenvalue weighted by Crippen LogP contribution is 2.33. The average Bonchev–Trinajstić information content (AvgIpc) is 2.92. The SMILES string of the molecule is CCCc1nc(N2CCC3CCC(C2)N3C)sc1C=O. The predicted octanol–water partition coefficient (Wildman–Crippen LogP) is 2.58. The molecule has 4 nitrogen and oxygen atoms in total. The highest BCUT2D eigenvalue weighted by atomic mass is 32.1. The molecule has 2 atom stereocenters. The number of carbonyl (C=O) groups excluding carboxylic acids is 1. The van der Waals surface area contributed by atoms with E-state index >= 15 is 0 Å². The Balaban J connectivity index is 1.80. The lowest BCUT2D eigenvalue weighted by molar-refractivity contribution is 0.112. The lowest BCUT2D eigenvalue weighted by Crippen LogP contribution is -2.36. The lowest BCUT2D eigenvalue weighted by atomic mass is 10.1. The maximum Gasteiger partial charge on any atom is 0.186 e. The molecule has 0 aromatic carbocycles. The van der Waals surface area contributed by atoms with Gasteiger partial charge in [0.15, 0.2) is 11.4 Å². The van der Waals surface area contributed by atoms with Gasteiger partial charge in [-0.3, -0.25) is 9.69 Å². The van der Waals surface area contributed by atoms with Crippen LogP contribution < -0.4 is 4.90 Å². The number of aromatic nitrogens is 1. The molecular weight excluding hydrogens is 270 g/mol. The second-order valence-electron chi connectivity index (χ2n) is 5.96. The molecule has 20 heavy (non-hydrogen) atoms. The molecule has 0 N–H and O–H groups in total. The first kappa shape index (κ1) is 14.0. The van der Waals surface area contributed by atoms with Gasteiger partial charge in [0.25, 0.3) is 0 Å². The number of fused-ring (bicyclic) bond motifs is 2. The van der Waals surface area contributed by atoms with E-state index < -0.39 is 0 Å². The van der Waals surface area contributed by atoms with Crippen molar-refractivity contribution in [1.82, 2.24) is 9.88 Å². The van der Waals surface area contributed by atoms with Gasteiger partial charge < -0.3 is 4.90 Å². The standard InChI is InChI=1S/C15H23N3OS/c1-3-4-13-14(10-19)20-15(16-13)18-8-7-11-5-6-12(9-18)17(11)2/h10-12H,3-9H2,1-2H3. The maximum absolute atomic E-state index is 11.2. The highest BCUT2D eigenvalue weighted by molar-refractivity contribution is 7.17. The van der Waals surface area contributed by atoms with Gasteiger partial charge in [-0.2, -0.15) is 0 Å². The predicted molar refractivity (Wildman–Crippen MR) is 82.9 cm³/mol. The van der Waals surface area contributed by atoms with Crippen molar-refractivity contribution in [2.24, 2.45) is 0 Å². The molecule has 2 fully saturated rings. The van der Waals surface area contributed by atoms with Crippen LogP contribution in [0.4, 0.5) is 5.13 Å². The largest absolute Gasteiger partial charge is 0.346 e. The first-order valence-corrected chi connectivity index (χ1v) is 8.46. The number of aldehydes is 1. The molecule has 3 heterocycles. The number of thiazole rings is 1. The summed E-state index contributed by atoms with van der Waals surface area (Å²) in [6.07, 6.45) is 6.77. The summed E-state index contributed by atoms with van der Waals surface area (Å²) in [5, 5.41) is 1.05. The Kier molecular flexibility index (Phi) is 4.08. The fraction of sp³-hybridized carbons (Fsp3) is 0.733. The number of nitrogens with zero attached hydrogens (tertiary/aromatic N) is 3. The van der Waals surface area contributed by atoms with Crippen LogP contribution in [0.3, 0.4) is 0 Å².